The quantitative estimate of drug-likeness (QED) is 0.0169. The first-order valence-electron chi connectivity index (χ1n) is 40.1. The minimum absolute atomic E-state index is 0.0124. The molecule has 0 aliphatic heterocycles. The number of carbonyl (C=O) groups excluding carboxylic acids is 4. The van der Waals surface area contributed by atoms with E-state index in [4.69, 9.17) is 37.0 Å². The molecule has 0 amide bonds. The molecule has 0 fully saturated rings. The number of allylic oxidation sites excluding steroid dienone is 18. The number of phosphoric acid groups is 2. The Morgan fingerprint density at radius 3 is 0.824 bits per heavy atom. The van der Waals surface area contributed by atoms with Crippen LogP contribution in [0.15, 0.2) is 109 Å². The standard InChI is InChI=1S/C83H144O17P2/c1-5-9-13-17-21-25-29-33-35-37-38-40-41-45-48-52-56-60-64-68-81(86)94-74-79(100-83(88)70-66-62-58-54-50-46-42-39-36-34-30-26-22-18-14-10-6-2)76-98-102(91,92)96-72-77(84)71-95-101(89,90)97-75-78(99-82(87)69-65-61-57-53-49-44-32-28-24-20-16-12-8-4)73-93-80(85)67-63-59-55-51-47-43-31-27-23-19-15-11-7-3/h9-10,13-14,21-22,25-26,33-36,38,40,42,46,54,58,77-79,84H,5-8,11-12,15-20,23-24,27-32,37,39,41,43-45,47-53,55-57,59-76H2,1-4H3,(H,89,90)(H,91,92)/b13-9-,14-10-,25-21-,26-22-,35-33-,36-34-,40-38-,46-42-,58-54-. The number of aliphatic hydroxyl groups excluding tert-OH is 1. The fraction of sp³-hybridized carbons (Fsp3) is 0.735. The smallest absolute Gasteiger partial charge is 0.462 e. The number of hydrogen-bond acceptors (Lipinski definition) is 15. The topological polar surface area (TPSA) is 237 Å². The van der Waals surface area contributed by atoms with Gasteiger partial charge >= 0.3 is 39.5 Å². The van der Waals surface area contributed by atoms with Gasteiger partial charge in [-0.3, -0.25) is 37.3 Å². The van der Waals surface area contributed by atoms with E-state index in [0.717, 1.165) is 141 Å². The summed E-state index contributed by atoms with van der Waals surface area (Å²) >= 11 is 0. The Morgan fingerprint density at radius 1 is 0.284 bits per heavy atom. The van der Waals surface area contributed by atoms with Crippen LogP contribution in [-0.2, 0) is 65.4 Å². The van der Waals surface area contributed by atoms with Crippen molar-refractivity contribution in [2.45, 2.75) is 354 Å². The summed E-state index contributed by atoms with van der Waals surface area (Å²) in [5.41, 5.74) is 0. The Balaban J connectivity index is 5.40. The highest BCUT2D eigenvalue weighted by Crippen LogP contribution is 2.45. The van der Waals surface area contributed by atoms with E-state index in [-0.39, 0.29) is 25.7 Å². The predicted octanol–water partition coefficient (Wildman–Crippen LogP) is 23.3. The molecule has 5 unspecified atom stereocenters. The van der Waals surface area contributed by atoms with E-state index >= 15 is 0 Å². The maximum Gasteiger partial charge on any atom is 0.472 e. The molecule has 0 aliphatic rings. The summed E-state index contributed by atoms with van der Waals surface area (Å²) in [4.78, 5) is 73.0. The molecule has 0 aliphatic carbocycles. The highest BCUT2D eigenvalue weighted by Gasteiger charge is 2.30. The lowest BCUT2D eigenvalue weighted by Gasteiger charge is -2.21. The van der Waals surface area contributed by atoms with E-state index in [1.54, 1.807) is 0 Å². The minimum Gasteiger partial charge on any atom is -0.462 e. The molecule has 0 bridgehead atoms. The van der Waals surface area contributed by atoms with Crippen molar-refractivity contribution in [3.05, 3.63) is 109 Å². The van der Waals surface area contributed by atoms with Gasteiger partial charge < -0.3 is 33.8 Å². The van der Waals surface area contributed by atoms with Crippen LogP contribution in [0.25, 0.3) is 0 Å². The van der Waals surface area contributed by atoms with E-state index in [9.17, 15) is 43.2 Å². The van der Waals surface area contributed by atoms with Crippen LogP contribution in [0.2, 0.25) is 0 Å². The Kier molecular flexibility index (Phi) is 71.8. The largest absolute Gasteiger partial charge is 0.472 e. The van der Waals surface area contributed by atoms with Crippen molar-refractivity contribution in [1.82, 2.24) is 0 Å². The summed E-state index contributed by atoms with van der Waals surface area (Å²) in [6.07, 6.45) is 80.7. The van der Waals surface area contributed by atoms with Gasteiger partial charge in [-0.1, -0.05) is 317 Å². The molecule has 19 heteroatoms. The molecular weight excluding hydrogens is 1330 g/mol. The van der Waals surface area contributed by atoms with Gasteiger partial charge in [0.2, 0.25) is 0 Å². The van der Waals surface area contributed by atoms with Crippen molar-refractivity contribution in [2.75, 3.05) is 39.6 Å². The number of phosphoric ester groups is 2. The zero-order chi connectivity index (χ0) is 74.6. The van der Waals surface area contributed by atoms with Crippen LogP contribution in [0, 0.1) is 0 Å². The molecule has 0 aromatic heterocycles. The fourth-order valence-corrected chi connectivity index (χ4v) is 12.3. The van der Waals surface area contributed by atoms with Gasteiger partial charge in [0.05, 0.1) is 26.4 Å². The monoisotopic (exact) mass is 1470 g/mol. The van der Waals surface area contributed by atoms with Crippen LogP contribution in [0.5, 0.6) is 0 Å². The molecule has 0 aromatic carbocycles. The molecule has 588 valence electrons. The highest BCUT2D eigenvalue weighted by atomic mass is 31.2. The first-order chi connectivity index (χ1) is 49.7. The third-order valence-corrected chi connectivity index (χ3v) is 18.7. The molecule has 5 atom stereocenters. The first kappa shape index (κ1) is 97.7. The lowest BCUT2D eigenvalue weighted by Crippen LogP contribution is -2.30. The van der Waals surface area contributed by atoms with Crippen LogP contribution in [0.4, 0.5) is 0 Å². The average Bonchev–Trinajstić information content (AvgIpc) is 0.908. The van der Waals surface area contributed by atoms with Crippen LogP contribution in [-0.4, -0.2) is 96.7 Å². The number of ether oxygens (including phenoxy) is 4. The molecule has 3 N–H and O–H groups in total. The van der Waals surface area contributed by atoms with Gasteiger partial charge in [0.1, 0.15) is 19.3 Å². The molecule has 0 saturated heterocycles. The second kappa shape index (κ2) is 75.0. The number of unbranched alkanes of at least 4 members (excludes halogenated alkanes) is 31. The van der Waals surface area contributed by atoms with Gasteiger partial charge in [0.15, 0.2) is 12.2 Å². The molecule has 0 radical (unpaired) electrons. The van der Waals surface area contributed by atoms with Gasteiger partial charge in [0, 0.05) is 25.7 Å². The number of rotatable bonds is 75. The number of aliphatic hydroxyl groups is 1. The Labute approximate surface area is 619 Å². The lowest BCUT2D eigenvalue weighted by molar-refractivity contribution is -0.161. The summed E-state index contributed by atoms with van der Waals surface area (Å²) in [6, 6.07) is 0. The molecule has 0 saturated carbocycles. The van der Waals surface area contributed by atoms with Crippen LogP contribution in [0.1, 0.15) is 336 Å². The maximum absolute atomic E-state index is 13.1. The van der Waals surface area contributed by atoms with Crippen molar-refractivity contribution in [3.63, 3.8) is 0 Å². The molecule has 0 heterocycles. The van der Waals surface area contributed by atoms with Crippen LogP contribution < -0.4 is 0 Å². The summed E-state index contributed by atoms with van der Waals surface area (Å²) in [7, 11) is -9.97. The van der Waals surface area contributed by atoms with Crippen LogP contribution in [0.3, 0.4) is 0 Å². The van der Waals surface area contributed by atoms with E-state index in [2.05, 4.69) is 125 Å². The number of esters is 4. The zero-order valence-corrected chi connectivity index (χ0v) is 66.0. The Bertz CT molecular complexity index is 2360. The van der Waals surface area contributed by atoms with Crippen LogP contribution >= 0.6 is 15.6 Å². The third kappa shape index (κ3) is 74.0. The summed E-state index contributed by atoms with van der Waals surface area (Å²) in [5, 5.41) is 10.6. The van der Waals surface area contributed by atoms with Crippen molar-refractivity contribution in [3.8, 4) is 0 Å². The van der Waals surface area contributed by atoms with Crippen molar-refractivity contribution >= 4 is 39.5 Å². The average molecular weight is 1480 g/mol. The second-order valence-corrected chi connectivity index (χ2v) is 29.5. The van der Waals surface area contributed by atoms with Gasteiger partial charge in [-0.25, -0.2) is 9.13 Å². The van der Waals surface area contributed by atoms with Crippen molar-refractivity contribution in [1.29, 1.82) is 0 Å². The molecular formula is C83H144O17P2. The van der Waals surface area contributed by atoms with E-state index in [1.165, 1.54) is 109 Å². The third-order valence-electron chi connectivity index (χ3n) is 16.8. The van der Waals surface area contributed by atoms with Gasteiger partial charge in [0.25, 0.3) is 0 Å². The van der Waals surface area contributed by atoms with Gasteiger partial charge in [-0.2, -0.15) is 0 Å². The van der Waals surface area contributed by atoms with Gasteiger partial charge in [-0.15, -0.1) is 0 Å². The van der Waals surface area contributed by atoms with Crippen molar-refractivity contribution < 1.29 is 80.2 Å². The van der Waals surface area contributed by atoms with E-state index in [0.29, 0.717) is 32.1 Å². The summed E-state index contributed by atoms with van der Waals surface area (Å²) in [6.45, 7) is 4.61. The number of carbonyl (C=O) groups is 4. The SMILES string of the molecule is CC/C=C\C/C=C\C/C=C\C/C=C\C/C=C\CCCC(=O)OC(COC(=O)CCCCCCCC/C=C\C/C=C\C/C=C\C/C=C\CC)COP(=O)(O)OCC(O)COP(=O)(O)OCC(COC(=O)CCCCCCCCCCCCCCC)OC(=O)CCCCCCCCCCCCCCC. The van der Waals surface area contributed by atoms with E-state index < -0.39 is 97.5 Å². The molecule has 0 aromatic rings. The molecule has 0 rings (SSSR count). The summed E-state index contributed by atoms with van der Waals surface area (Å²) < 4.78 is 68.5. The normalized spacial score (nSPS) is 14.5. The second-order valence-electron chi connectivity index (χ2n) is 26.6. The summed E-state index contributed by atoms with van der Waals surface area (Å²) in [5.74, 6) is -2.24. The lowest BCUT2D eigenvalue weighted by atomic mass is 10.0. The maximum atomic E-state index is 13.1. The highest BCUT2D eigenvalue weighted by molar-refractivity contribution is 7.47. The predicted molar refractivity (Wildman–Crippen MR) is 418 cm³/mol. The first-order valence-corrected chi connectivity index (χ1v) is 43.1. The van der Waals surface area contributed by atoms with Gasteiger partial charge in [-0.05, 0) is 103 Å². The van der Waals surface area contributed by atoms with Crippen molar-refractivity contribution in [2.24, 2.45) is 0 Å². The van der Waals surface area contributed by atoms with E-state index in [1.807, 2.05) is 12.2 Å². The molecule has 102 heavy (non-hydrogen) atoms. The zero-order valence-electron chi connectivity index (χ0n) is 64.3. The fourth-order valence-electron chi connectivity index (χ4n) is 10.7. The minimum atomic E-state index is -4.99. The Morgan fingerprint density at radius 2 is 0.520 bits per heavy atom. The Hall–Kier alpha value is -4.28. The number of hydrogen-bond donors (Lipinski definition) is 3. The molecule has 0 spiro atoms. The molecule has 17 nitrogen and oxygen atoms in total.